The average molecular weight is 558 g/mol. The molecule has 166 valence electrons. The number of aromatic nitrogens is 4. The van der Waals surface area contributed by atoms with Crippen LogP contribution in [0.15, 0.2) is 46.2 Å². The Balaban J connectivity index is 0.00000272. The molecular weight excluding hydrogens is 533 g/mol. The summed E-state index contributed by atoms with van der Waals surface area (Å²) in [5, 5.41) is 12.2. The lowest BCUT2D eigenvalue weighted by molar-refractivity contribution is -0.00806. The van der Waals surface area contributed by atoms with E-state index in [1.54, 1.807) is 16.8 Å². The van der Waals surface area contributed by atoms with Gasteiger partial charge in [0.25, 0.3) is 0 Å². The highest BCUT2D eigenvalue weighted by Crippen LogP contribution is 2.22. The minimum Gasteiger partial charge on any atom is -0.370 e. The molecule has 0 spiro atoms. The summed E-state index contributed by atoms with van der Waals surface area (Å²) < 4.78 is 13.1. The maximum atomic E-state index is 6.05. The first-order valence-corrected chi connectivity index (χ1v) is 10.2. The molecule has 31 heavy (non-hydrogen) atoms. The second-order valence-electron chi connectivity index (χ2n) is 6.95. The average Bonchev–Trinajstić information content (AvgIpc) is 3.40. The number of nitrogens with zero attached hydrogens (tertiary/aromatic N) is 6. The molecule has 4 rings (SSSR count). The van der Waals surface area contributed by atoms with Gasteiger partial charge < -0.3 is 19.5 Å². The summed E-state index contributed by atoms with van der Waals surface area (Å²) >= 11 is 6.05. The summed E-state index contributed by atoms with van der Waals surface area (Å²) in [5.74, 6) is 1.73. The number of benzene rings is 1. The summed E-state index contributed by atoms with van der Waals surface area (Å²) in [5.41, 5.74) is 1.86. The third kappa shape index (κ3) is 5.95. The molecule has 3 aromatic rings. The number of nitrogens with one attached hydrogen (secondary N) is 1. The van der Waals surface area contributed by atoms with Crippen LogP contribution >= 0.6 is 35.6 Å². The number of aliphatic imine (C=N–C) groups is 1. The number of morpholine rings is 1. The fraction of sp³-hybridized carbons (Fsp3) is 0.400. The van der Waals surface area contributed by atoms with Crippen LogP contribution in [0.2, 0.25) is 5.02 Å². The van der Waals surface area contributed by atoms with E-state index < -0.39 is 0 Å². The molecule has 1 aliphatic heterocycles. The zero-order valence-corrected chi connectivity index (χ0v) is 20.4. The van der Waals surface area contributed by atoms with Crippen molar-refractivity contribution in [2.45, 2.75) is 19.6 Å². The van der Waals surface area contributed by atoms with Gasteiger partial charge in [-0.25, -0.2) is 4.99 Å². The Kier molecular flexibility index (Phi) is 8.27. The van der Waals surface area contributed by atoms with Gasteiger partial charge in [-0.3, -0.25) is 4.68 Å². The van der Waals surface area contributed by atoms with E-state index in [1.165, 1.54) is 0 Å². The maximum Gasteiger partial charge on any atom is 0.248 e. The summed E-state index contributed by atoms with van der Waals surface area (Å²) in [6.07, 6.45) is 3.77. The van der Waals surface area contributed by atoms with Crippen molar-refractivity contribution >= 4 is 41.5 Å². The molecule has 1 atom stereocenters. The quantitative estimate of drug-likeness (QED) is 0.292. The minimum atomic E-state index is -0.0471. The van der Waals surface area contributed by atoms with Crippen molar-refractivity contribution in [3.63, 3.8) is 0 Å². The van der Waals surface area contributed by atoms with Crippen LogP contribution in [-0.4, -0.2) is 57.0 Å². The topological polar surface area (TPSA) is 93.6 Å². The van der Waals surface area contributed by atoms with Gasteiger partial charge in [0.05, 0.1) is 19.3 Å². The molecule has 0 aliphatic carbocycles. The Morgan fingerprint density at radius 1 is 1.39 bits per heavy atom. The van der Waals surface area contributed by atoms with E-state index in [2.05, 4.69) is 25.5 Å². The number of halogens is 2. The van der Waals surface area contributed by atoms with Gasteiger partial charge >= 0.3 is 0 Å². The van der Waals surface area contributed by atoms with Gasteiger partial charge in [-0.2, -0.15) is 10.1 Å². The molecule has 0 radical (unpaired) electrons. The van der Waals surface area contributed by atoms with E-state index >= 15 is 0 Å². The lowest BCUT2D eigenvalue weighted by Gasteiger charge is -2.34. The fourth-order valence-corrected chi connectivity index (χ4v) is 3.47. The van der Waals surface area contributed by atoms with E-state index in [-0.39, 0.29) is 36.6 Å². The van der Waals surface area contributed by atoms with Crippen molar-refractivity contribution in [3.8, 4) is 11.4 Å². The number of hydrogen-bond donors (Lipinski definition) is 1. The van der Waals surface area contributed by atoms with E-state index in [4.69, 9.17) is 25.9 Å². The van der Waals surface area contributed by atoms with E-state index in [0.717, 1.165) is 30.2 Å². The van der Waals surface area contributed by atoms with Crippen molar-refractivity contribution in [1.82, 2.24) is 30.1 Å². The molecule has 3 heterocycles. The Hall–Kier alpha value is -2.18. The van der Waals surface area contributed by atoms with Crippen LogP contribution in [0.4, 0.5) is 0 Å². The molecule has 0 amide bonds. The van der Waals surface area contributed by atoms with Crippen LogP contribution in [0, 0.1) is 0 Å². The molecule has 0 saturated carbocycles. The second-order valence-corrected chi connectivity index (χ2v) is 7.38. The molecule has 1 unspecified atom stereocenters. The maximum absolute atomic E-state index is 6.05. The fourth-order valence-electron chi connectivity index (χ4n) is 3.28. The first-order valence-electron chi connectivity index (χ1n) is 9.84. The zero-order chi connectivity index (χ0) is 20.9. The molecule has 1 saturated heterocycles. The monoisotopic (exact) mass is 557 g/mol. The zero-order valence-electron chi connectivity index (χ0n) is 17.4. The largest absolute Gasteiger partial charge is 0.370 e. The Bertz CT molecular complexity index is 1020. The van der Waals surface area contributed by atoms with Crippen molar-refractivity contribution < 1.29 is 9.26 Å². The van der Waals surface area contributed by atoms with Gasteiger partial charge in [-0.05, 0) is 19.1 Å². The molecule has 1 aromatic carbocycles. The van der Waals surface area contributed by atoms with Gasteiger partial charge in [-0.1, -0.05) is 28.9 Å². The first-order chi connectivity index (χ1) is 14.6. The SMILES string of the molecule is CCNC(=NCc1nc(-c2cccc(Cl)c2)no1)N1CCOC(c2cnn(C)c2)C1.I. The van der Waals surface area contributed by atoms with Gasteiger partial charge in [0.1, 0.15) is 12.6 Å². The van der Waals surface area contributed by atoms with Gasteiger partial charge in [0.2, 0.25) is 11.7 Å². The lowest BCUT2D eigenvalue weighted by atomic mass is 10.1. The minimum absolute atomic E-state index is 0. The van der Waals surface area contributed by atoms with Gasteiger partial charge in [-0.15, -0.1) is 24.0 Å². The summed E-state index contributed by atoms with van der Waals surface area (Å²) in [7, 11) is 1.90. The number of aryl methyl sites for hydroxylation is 1. The summed E-state index contributed by atoms with van der Waals surface area (Å²) in [6, 6.07) is 7.35. The third-order valence-electron chi connectivity index (χ3n) is 4.71. The lowest BCUT2D eigenvalue weighted by Crippen LogP contribution is -2.48. The third-order valence-corrected chi connectivity index (χ3v) is 4.95. The van der Waals surface area contributed by atoms with Crippen molar-refractivity contribution in [2.75, 3.05) is 26.2 Å². The molecule has 1 N–H and O–H groups in total. The van der Waals surface area contributed by atoms with E-state index in [1.807, 2.05) is 38.5 Å². The molecule has 2 aromatic heterocycles. The summed E-state index contributed by atoms with van der Waals surface area (Å²) in [6.45, 7) is 5.13. The van der Waals surface area contributed by atoms with Crippen LogP contribution in [0.3, 0.4) is 0 Å². The normalized spacial score (nSPS) is 16.8. The molecule has 0 bridgehead atoms. The number of guanidine groups is 1. The van der Waals surface area contributed by atoms with Crippen LogP contribution in [-0.2, 0) is 18.3 Å². The van der Waals surface area contributed by atoms with Crippen LogP contribution < -0.4 is 5.32 Å². The summed E-state index contributed by atoms with van der Waals surface area (Å²) in [4.78, 5) is 11.3. The predicted molar refractivity (Wildman–Crippen MR) is 128 cm³/mol. The predicted octanol–water partition coefficient (Wildman–Crippen LogP) is 3.28. The Morgan fingerprint density at radius 2 is 2.26 bits per heavy atom. The van der Waals surface area contributed by atoms with Crippen molar-refractivity contribution in [1.29, 1.82) is 0 Å². The van der Waals surface area contributed by atoms with Crippen molar-refractivity contribution in [2.24, 2.45) is 12.0 Å². The smallest absolute Gasteiger partial charge is 0.248 e. The Labute approximate surface area is 202 Å². The molecule has 9 nitrogen and oxygen atoms in total. The number of ether oxygens (including phenoxy) is 1. The molecule has 1 fully saturated rings. The van der Waals surface area contributed by atoms with Crippen LogP contribution in [0.5, 0.6) is 0 Å². The molecule has 11 heteroatoms. The van der Waals surface area contributed by atoms with E-state index in [9.17, 15) is 0 Å². The van der Waals surface area contributed by atoms with Gasteiger partial charge in [0, 0.05) is 42.5 Å². The molecule has 1 aliphatic rings. The van der Waals surface area contributed by atoms with Crippen molar-refractivity contribution in [3.05, 3.63) is 53.1 Å². The standard InChI is InChI=1S/C20H24ClN7O2.HI/c1-3-22-20(28-7-8-29-17(13-28)15-10-24-27(2)12-15)23-11-18-25-19(26-30-18)14-5-4-6-16(21)9-14;/h4-6,9-10,12,17H,3,7-8,11,13H2,1-2H3,(H,22,23);1H. The second kappa shape index (κ2) is 10.9. The van der Waals surface area contributed by atoms with E-state index in [0.29, 0.717) is 29.9 Å². The number of rotatable bonds is 5. The highest BCUT2D eigenvalue weighted by Gasteiger charge is 2.25. The highest BCUT2D eigenvalue weighted by molar-refractivity contribution is 14.0. The van der Waals surface area contributed by atoms with Crippen LogP contribution in [0.1, 0.15) is 24.5 Å². The Morgan fingerprint density at radius 3 is 3.00 bits per heavy atom. The van der Waals surface area contributed by atoms with Gasteiger partial charge in [0.15, 0.2) is 5.96 Å². The van der Waals surface area contributed by atoms with Crippen LogP contribution in [0.25, 0.3) is 11.4 Å². The first kappa shape index (κ1) is 23.5. The highest BCUT2D eigenvalue weighted by atomic mass is 127. The number of hydrogen-bond acceptors (Lipinski definition) is 6. The molecular formula is C20H25ClIN7O2.